The average molecular weight is 299 g/mol. The van der Waals surface area contributed by atoms with Crippen molar-refractivity contribution in [1.29, 1.82) is 0 Å². The fraction of sp³-hybridized carbons (Fsp3) is 0.0625. The monoisotopic (exact) mass is 299 g/mol. The van der Waals surface area contributed by atoms with E-state index in [2.05, 4.69) is 5.32 Å². The largest absolute Gasteiger partial charge is 0.496 e. The van der Waals surface area contributed by atoms with Crippen LogP contribution in [-0.4, -0.2) is 18.2 Å². The number of aromatic carboxylic acids is 1. The molecule has 21 heavy (non-hydrogen) atoms. The first-order valence-corrected chi connectivity index (χ1v) is 7.22. The minimum atomic E-state index is -0.926. The first-order valence-electron chi connectivity index (χ1n) is 6.34. The minimum absolute atomic E-state index is 0.301. The van der Waals surface area contributed by atoms with E-state index in [0.717, 1.165) is 22.2 Å². The Hall–Kier alpha value is -2.53. The molecule has 0 fully saturated rings. The summed E-state index contributed by atoms with van der Waals surface area (Å²) < 4.78 is 5.36. The highest BCUT2D eigenvalue weighted by Crippen LogP contribution is 2.33. The van der Waals surface area contributed by atoms with Crippen LogP contribution in [0.5, 0.6) is 5.75 Å². The van der Waals surface area contributed by atoms with E-state index in [9.17, 15) is 9.90 Å². The third kappa shape index (κ3) is 2.43. The summed E-state index contributed by atoms with van der Waals surface area (Å²) in [5.74, 6) is -0.134. The number of ether oxygens (including phenoxy) is 1. The van der Waals surface area contributed by atoms with Crippen LogP contribution in [0.2, 0.25) is 0 Å². The molecule has 2 aromatic carbocycles. The van der Waals surface area contributed by atoms with Crippen LogP contribution in [0.3, 0.4) is 0 Å². The number of carboxylic acid groups (broad SMARTS) is 1. The highest BCUT2D eigenvalue weighted by molar-refractivity contribution is 7.12. The molecule has 0 aliphatic rings. The second kappa shape index (κ2) is 5.46. The number of benzene rings is 2. The van der Waals surface area contributed by atoms with E-state index >= 15 is 0 Å². The minimum Gasteiger partial charge on any atom is -0.496 e. The molecule has 0 unspecified atom stereocenters. The van der Waals surface area contributed by atoms with Crippen molar-refractivity contribution in [2.45, 2.75) is 0 Å². The second-order valence-corrected chi connectivity index (χ2v) is 5.37. The van der Waals surface area contributed by atoms with Crippen molar-refractivity contribution in [3.8, 4) is 5.75 Å². The molecule has 2 N–H and O–H groups in total. The molecule has 106 valence electrons. The van der Waals surface area contributed by atoms with Gasteiger partial charge in [0.05, 0.1) is 12.8 Å². The summed E-state index contributed by atoms with van der Waals surface area (Å²) in [4.78, 5) is 11.5. The predicted molar refractivity (Wildman–Crippen MR) is 85.1 cm³/mol. The van der Waals surface area contributed by atoms with E-state index in [1.54, 1.807) is 18.6 Å². The Morgan fingerprint density at radius 3 is 2.62 bits per heavy atom. The normalized spacial score (nSPS) is 10.5. The number of thiophene rings is 1. The van der Waals surface area contributed by atoms with Gasteiger partial charge in [-0.15, -0.1) is 11.3 Å². The van der Waals surface area contributed by atoms with Crippen LogP contribution in [-0.2, 0) is 0 Å². The van der Waals surface area contributed by atoms with Crippen LogP contribution in [0.4, 0.5) is 11.4 Å². The van der Waals surface area contributed by atoms with Crippen molar-refractivity contribution in [1.82, 2.24) is 0 Å². The number of fused-ring (bicyclic) bond motifs is 1. The Morgan fingerprint density at radius 1 is 1.10 bits per heavy atom. The molecular weight excluding hydrogens is 286 g/mol. The zero-order valence-electron chi connectivity index (χ0n) is 11.3. The smallest absolute Gasteiger partial charge is 0.348 e. The first-order chi connectivity index (χ1) is 10.2. The summed E-state index contributed by atoms with van der Waals surface area (Å²) in [6.45, 7) is 0. The van der Waals surface area contributed by atoms with Gasteiger partial charge in [0.15, 0.2) is 0 Å². The third-order valence-corrected chi connectivity index (χ3v) is 4.13. The van der Waals surface area contributed by atoms with Crippen LogP contribution < -0.4 is 10.1 Å². The highest BCUT2D eigenvalue weighted by atomic mass is 32.1. The van der Waals surface area contributed by atoms with E-state index in [0.29, 0.717) is 10.6 Å². The molecule has 3 rings (SSSR count). The highest BCUT2D eigenvalue weighted by Gasteiger charge is 2.13. The summed E-state index contributed by atoms with van der Waals surface area (Å²) in [6, 6.07) is 13.4. The second-order valence-electron chi connectivity index (χ2n) is 4.45. The van der Waals surface area contributed by atoms with E-state index < -0.39 is 5.97 Å². The SMILES string of the molecule is COc1cccc2c(Nc3ccsc3C(=O)O)cccc12. The maximum Gasteiger partial charge on any atom is 0.348 e. The molecule has 1 aromatic heterocycles. The maximum atomic E-state index is 11.2. The lowest BCUT2D eigenvalue weighted by molar-refractivity contribution is 0.0703. The number of methoxy groups -OCH3 is 1. The number of nitrogens with one attached hydrogen (secondary N) is 1. The molecule has 0 spiro atoms. The number of rotatable bonds is 4. The predicted octanol–water partition coefficient (Wildman–Crippen LogP) is 4.35. The van der Waals surface area contributed by atoms with Gasteiger partial charge in [-0.3, -0.25) is 0 Å². The zero-order valence-corrected chi connectivity index (χ0v) is 12.1. The van der Waals surface area contributed by atoms with Crippen molar-refractivity contribution in [3.63, 3.8) is 0 Å². The van der Waals surface area contributed by atoms with Crippen LogP contribution in [0.15, 0.2) is 47.8 Å². The first kappa shape index (κ1) is 13.5. The lowest BCUT2D eigenvalue weighted by Gasteiger charge is -2.11. The molecule has 0 aliphatic heterocycles. The topological polar surface area (TPSA) is 58.6 Å². The van der Waals surface area contributed by atoms with Gasteiger partial charge in [-0.1, -0.05) is 24.3 Å². The van der Waals surface area contributed by atoms with Crippen LogP contribution in [0.1, 0.15) is 9.67 Å². The Balaban J connectivity index is 2.09. The van der Waals surface area contributed by atoms with Crippen molar-refractivity contribution in [3.05, 3.63) is 52.7 Å². The number of carboxylic acids is 1. The fourth-order valence-electron chi connectivity index (χ4n) is 2.29. The Labute approximate surface area is 125 Å². The van der Waals surface area contributed by atoms with Gasteiger partial charge in [-0.2, -0.15) is 0 Å². The summed E-state index contributed by atoms with van der Waals surface area (Å²) in [5.41, 5.74) is 1.45. The van der Waals surface area contributed by atoms with Crippen LogP contribution in [0, 0.1) is 0 Å². The van der Waals surface area contributed by atoms with E-state index in [1.165, 1.54) is 11.3 Å². The summed E-state index contributed by atoms with van der Waals surface area (Å²) >= 11 is 1.20. The van der Waals surface area contributed by atoms with Gasteiger partial charge < -0.3 is 15.2 Å². The van der Waals surface area contributed by atoms with Crippen LogP contribution in [0.25, 0.3) is 10.8 Å². The lowest BCUT2D eigenvalue weighted by atomic mass is 10.1. The van der Waals surface area contributed by atoms with Gasteiger partial charge in [0, 0.05) is 16.5 Å². The van der Waals surface area contributed by atoms with Crippen molar-refractivity contribution < 1.29 is 14.6 Å². The Morgan fingerprint density at radius 2 is 1.86 bits per heavy atom. The van der Waals surface area contributed by atoms with Gasteiger partial charge in [0.2, 0.25) is 0 Å². The number of anilines is 2. The summed E-state index contributed by atoms with van der Waals surface area (Å²) in [7, 11) is 1.64. The molecular formula is C16H13NO3S. The molecule has 0 aliphatic carbocycles. The molecule has 0 saturated heterocycles. The molecule has 0 radical (unpaired) electrons. The molecule has 0 atom stereocenters. The van der Waals surface area contributed by atoms with Gasteiger partial charge in [0.1, 0.15) is 10.6 Å². The van der Waals surface area contributed by atoms with E-state index in [1.807, 2.05) is 36.4 Å². The maximum absolute atomic E-state index is 11.2. The average Bonchev–Trinajstić information content (AvgIpc) is 2.95. The fourth-order valence-corrected chi connectivity index (χ4v) is 2.97. The quantitative estimate of drug-likeness (QED) is 0.752. The van der Waals surface area contributed by atoms with Gasteiger partial charge in [-0.05, 0) is 23.6 Å². The summed E-state index contributed by atoms with van der Waals surface area (Å²) in [5, 5.41) is 16.1. The molecule has 0 bridgehead atoms. The number of hydrogen-bond donors (Lipinski definition) is 2. The van der Waals surface area contributed by atoms with Crippen molar-refractivity contribution in [2.75, 3.05) is 12.4 Å². The summed E-state index contributed by atoms with van der Waals surface area (Å²) in [6.07, 6.45) is 0. The number of hydrogen-bond acceptors (Lipinski definition) is 4. The molecule has 0 amide bonds. The van der Waals surface area contributed by atoms with Crippen molar-refractivity contribution in [2.24, 2.45) is 0 Å². The van der Waals surface area contributed by atoms with Gasteiger partial charge in [0.25, 0.3) is 0 Å². The standard InChI is InChI=1S/C16H13NO3S/c1-20-14-7-3-4-10-11(14)5-2-6-12(10)17-13-8-9-21-15(13)16(18)19/h2-9,17H,1H3,(H,18,19). The van der Waals surface area contributed by atoms with Gasteiger partial charge in [-0.25, -0.2) is 4.79 Å². The zero-order chi connectivity index (χ0) is 14.8. The van der Waals surface area contributed by atoms with E-state index in [-0.39, 0.29) is 0 Å². The molecule has 4 nitrogen and oxygen atoms in total. The number of carbonyl (C=O) groups is 1. The van der Waals surface area contributed by atoms with Crippen molar-refractivity contribution >= 4 is 39.5 Å². The van der Waals surface area contributed by atoms with Crippen LogP contribution >= 0.6 is 11.3 Å². The molecule has 3 aromatic rings. The van der Waals surface area contributed by atoms with E-state index in [4.69, 9.17) is 4.74 Å². The third-order valence-electron chi connectivity index (χ3n) is 3.23. The molecule has 0 saturated carbocycles. The Kier molecular flexibility index (Phi) is 3.50. The molecule has 1 heterocycles. The lowest BCUT2D eigenvalue weighted by Crippen LogP contribution is -1.99. The Bertz CT molecular complexity index is 810. The van der Waals surface area contributed by atoms with Gasteiger partial charge >= 0.3 is 5.97 Å². The molecule has 5 heteroatoms.